The van der Waals surface area contributed by atoms with E-state index in [1.807, 2.05) is 18.2 Å². The SMILES string of the molecule is Nc1c(I)cnn1Cc1ccc2c(c1)OCO2. The van der Waals surface area contributed by atoms with Crippen molar-refractivity contribution in [3.05, 3.63) is 33.5 Å². The summed E-state index contributed by atoms with van der Waals surface area (Å²) in [7, 11) is 0. The molecule has 5 nitrogen and oxygen atoms in total. The average molecular weight is 343 g/mol. The second-order valence-electron chi connectivity index (χ2n) is 3.72. The maximum Gasteiger partial charge on any atom is 0.231 e. The zero-order valence-corrected chi connectivity index (χ0v) is 11.0. The van der Waals surface area contributed by atoms with Crippen molar-refractivity contribution >= 4 is 28.4 Å². The minimum atomic E-state index is 0.292. The Morgan fingerprint density at radius 1 is 1.35 bits per heavy atom. The lowest BCUT2D eigenvalue weighted by atomic mass is 10.2. The maximum absolute atomic E-state index is 5.90. The van der Waals surface area contributed by atoms with E-state index in [9.17, 15) is 0 Å². The monoisotopic (exact) mass is 343 g/mol. The van der Waals surface area contributed by atoms with Gasteiger partial charge in [0.05, 0.1) is 16.3 Å². The molecule has 2 heterocycles. The lowest BCUT2D eigenvalue weighted by Crippen LogP contribution is -2.06. The van der Waals surface area contributed by atoms with Gasteiger partial charge in [-0.2, -0.15) is 5.10 Å². The van der Waals surface area contributed by atoms with E-state index in [4.69, 9.17) is 15.2 Å². The van der Waals surface area contributed by atoms with Gasteiger partial charge in [-0.15, -0.1) is 0 Å². The van der Waals surface area contributed by atoms with Crippen molar-refractivity contribution in [1.82, 2.24) is 9.78 Å². The molecule has 0 amide bonds. The summed E-state index contributed by atoms with van der Waals surface area (Å²) in [6.45, 7) is 0.923. The van der Waals surface area contributed by atoms with Crippen LogP contribution in [0.5, 0.6) is 11.5 Å². The third kappa shape index (κ3) is 1.92. The van der Waals surface area contributed by atoms with Crippen LogP contribution in [0.15, 0.2) is 24.4 Å². The van der Waals surface area contributed by atoms with Gasteiger partial charge in [0.1, 0.15) is 5.82 Å². The smallest absolute Gasteiger partial charge is 0.231 e. The van der Waals surface area contributed by atoms with Crippen LogP contribution >= 0.6 is 22.6 Å². The highest BCUT2D eigenvalue weighted by Gasteiger charge is 2.14. The van der Waals surface area contributed by atoms with E-state index in [2.05, 4.69) is 27.7 Å². The zero-order chi connectivity index (χ0) is 11.8. The van der Waals surface area contributed by atoms with Gasteiger partial charge < -0.3 is 15.2 Å². The van der Waals surface area contributed by atoms with Crippen LogP contribution < -0.4 is 15.2 Å². The lowest BCUT2D eigenvalue weighted by molar-refractivity contribution is 0.174. The van der Waals surface area contributed by atoms with Gasteiger partial charge >= 0.3 is 0 Å². The molecule has 0 saturated carbocycles. The maximum atomic E-state index is 5.90. The van der Waals surface area contributed by atoms with Gasteiger partial charge in [0.2, 0.25) is 6.79 Å². The van der Waals surface area contributed by atoms with Crippen LogP contribution in [0.2, 0.25) is 0 Å². The number of nitrogens with zero attached hydrogens (tertiary/aromatic N) is 2. The number of aromatic nitrogens is 2. The number of halogens is 1. The standard InChI is InChI=1S/C11H10IN3O2/c12-8-4-14-15(11(8)13)5-7-1-2-9-10(3-7)17-6-16-9/h1-4H,5-6,13H2. The van der Waals surface area contributed by atoms with Crippen molar-refractivity contribution in [1.29, 1.82) is 0 Å². The Kier molecular flexibility index (Phi) is 2.58. The van der Waals surface area contributed by atoms with Crippen LogP contribution in [0, 0.1) is 3.57 Å². The van der Waals surface area contributed by atoms with E-state index >= 15 is 0 Å². The molecule has 0 bridgehead atoms. The second kappa shape index (κ2) is 4.10. The molecule has 0 unspecified atom stereocenters. The summed E-state index contributed by atoms with van der Waals surface area (Å²) in [5, 5.41) is 4.22. The van der Waals surface area contributed by atoms with Crippen molar-refractivity contribution < 1.29 is 9.47 Å². The quantitative estimate of drug-likeness (QED) is 0.846. The van der Waals surface area contributed by atoms with Gasteiger partial charge in [-0.25, -0.2) is 4.68 Å². The molecule has 0 atom stereocenters. The van der Waals surface area contributed by atoms with Crippen LogP contribution in [0.25, 0.3) is 0 Å². The van der Waals surface area contributed by atoms with E-state index in [-0.39, 0.29) is 0 Å². The van der Waals surface area contributed by atoms with Crippen LogP contribution in [0.3, 0.4) is 0 Å². The van der Waals surface area contributed by atoms with Gasteiger partial charge in [-0.3, -0.25) is 0 Å². The molecular weight excluding hydrogens is 333 g/mol. The van der Waals surface area contributed by atoms with E-state index < -0.39 is 0 Å². The highest BCUT2D eigenvalue weighted by Crippen LogP contribution is 2.32. The fourth-order valence-electron chi connectivity index (χ4n) is 1.71. The van der Waals surface area contributed by atoms with Crippen molar-refractivity contribution in [2.75, 3.05) is 12.5 Å². The summed E-state index contributed by atoms with van der Waals surface area (Å²) in [6.07, 6.45) is 1.75. The minimum Gasteiger partial charge on any atom is -0.454 e. The normalized spacial score (nSPS) is 13.0. The molecule has 0 saturated heterocycles. The van der Waals surface area contributed by atoms with Crippen molar-refractivity contribution in [3.63, 3.8) is 0 Å². The second-order valence-corrected chi connectivity index (χ2v) is 4.89. The van der Waals surface area contributed by atoms with E-state index in [0.29, 0.717) is 19.2 Å². The molecule has 3 rings (SSSR count). The fourth-order valence-corrected chi connectivity index (χ4v) is 2.11. The van der Waals surface area contributed by atoms with E-state index in [0.717, 1.165) is 20.6 Å². The molecule has 1 aromatic carbocycles. The summed E-state index contributed by atoms with van der Waals surface area (Å²) in [6, 6.07) is 5.85. The first-order chi connectivity index (χ1) is 8.24. The summed E-state index contributed by atoms with van der Waals surface area (Å²) >= 11 is 2.16. The number of hydrogen-bond acceptors (Lipinski definition) is 4. The van der Waals surface area contributed by atoms with E-state index in [1.165, 1.54) is 0 Å². The number of ether oxygens (including phenoxy) is 2. The number of rotatable bonds is 2. The van der Waals surface area contributed by atoms with Crippen LogP contribution in [0.4, 0.5) is 5.82 Å². The molecule has 88 valence electrons. The fraction of sp³-hybridized carbons (Fsp3) is 0.182. The van der Waals surface area contributed by atoms with Gasteiger partial charge in [-0.1, -0.05) is 6.07 Å². The first kappa shape index (κ1) is 10.7. The molecule has 0 fully saturated rings. The molecule has 17 heavy (non-hydrogen) atoms. The number of fused-ring (bicyclic) bond motifs is 1. The first-order valence-corrected chi connectivity index (χ1v) is 6.17. The third-order valence-corrected chi connectivity index (χ3v) is 3.43. The van der Waals surface area contributed by atoms with E-state index in [1.54, 1.807) is 10.9 Å². The number of benzene rings is 1. The number of nitrogen functional groups attached to an aromatic ring is 1. The molecule has 6 heteroatoms. The Morgan fingerprint density at radius 3 is 2.94 bits per heavy atom. The molecule has 1 aliphatic heterocycles. The molecule has 2 aromatic rings. The van der Waals surface area contributed by atoms with Gasteiger partial charge in [0.25, 0.3) is 0 Å². The van der Waals surface area contributed by atoms with Crippen molar-refractivity contribution in [2.24, 2.45) is 0 Å². The summed E-state index contributed by atoms with van der Waals surface area (Å²) in [5.41, 5.74) is 6.98. The van der Waals surface area contributed by atoms with Crippen molar-refractivity contribution in [3.8, 4) is 11.5 Å². The molecular formula is C11H10IN3O2. The third-order valence-electron chi connectivity index (χ3n) is 2.60. The Balaban J connectivity index is 1.88. The highest BCUT2D eigenvalue weighted by molar-refractivity contribution is 14.1. The zero-order valence-electron chi connectivity index (χ0n) is 8.89. The van der Waals surface area contributed by atoms with Crippen LogP contribution in [-0.4, -0.2) is 16.6 Å². The molecule has 1 aromatic heterocycles. The molecule has 0 radical (unpaired) electrons. The Labute approximate surface area is 112 Å². The Morgan fingerprint density at radius 2 is 2.18 bits per heavy atom. The summed E-state index contributed by atoms with van der Waals surface area (Å²) < 4.78 is 13.3. The predicted molar refractivity (Wildman–Crippen MR) is 71.0 cm³/mol. The van der Waals surface area contributed by atoms with Crippen LogP contribution in [0.1, 0.15) is 5.56 Å². The number of nitrogens with two attached hydrogens (primary N) is 1. The summed E-state index contributed by atoms with van der Waals surface area (Å²) in [5.74, 6) is 2.25. The number of anilines is 1. The highest BCUT2D eigenvalue weighted by atomic mass is 127. The number of hydrogen-bond donors (Lipinski definition) is 1. The Hall–Kier alpha value is -1.44. The molecule has 1 aliphatic rings. The molecule has 2 N–H and O–H groups in total. The average Bonchev–Trinajstić information content (AvgIpc) is 2.90. The van der Waals surface area contributed by atoms with Gasteiger partial charge in [-0.05, 0) is 40.3 Å². The van der Waals surface area contributed by atoms with Crippen LogP contribution in [-0.2, 0) is 6.54 Å². The molecule has 0 spiro atoms. The predicted octanol–water partition coefficient (Wildman–Crippen LogP) is 1.85. The lowest BCUT2D eigenvalue weighted by Gasteiger charge is -2.05. The minimum absolute atomic E-state index is 0.292. The summed E-state index contributed by atoms with van der Waals surface area (Å²) in [4.78, 5) is 0. The first-order valence-electron chi connectivity index (χ1n) is 5.09. The topological polar surface area (TPSA) is 62.3 Å². The van der Waals surface area contributed by atoms with Gasteiger partial charge in [0, 0.05) is 0 Å². The van der Waals surface area contributed by atoms with Gasteiger partial charge in [0.15, 0.2) is 11.5 Å². The Bertz CT molecular complexity index is 568. The van der Waals surface area contributed by atoms with Crippen molar-refractivity contribution in [2.45, 2.75) is 6.54 Å². The largest absolute Gasteiger partial charge is 0.454 e. The molecule has 0 aliphatic carbocycles.